The smallest absolute Gasteiger partial charge is 0.390 e. The van der Waals surface area contributed by atoms with E-state index in [4.69, 9.17) is 5.11 Å². The Kier molecular flexibility index (Phi) is 3.36. The van der Waals surface area contributed by atoms with Crippen molar-refractivity contribution in [3.63, 3.8) is 0 Å². The van der Waals surface area contributed by atoms with E-state index in [1.165, 1.54) is 4.90 Å². The van der Waals surface area contributed by atoms with Crippen LogP contribution in [0.4, 0.5) is 13.2 Å². The van der Waals surface area contributed by atoms with E-state index in [1.54, 1.807) is 0 Å². The molecule has 1 fully saturated rings. The summed E-state index contributed by atoms with van der Waals surface area (Å²) >= 11 is 0. The molecule has 1 N–H and O–H groups in total. The van der Waals surface area contributed by atoms with E-state index in [9.17, 15) is 18.0 Å². The molecule has 1 heterocycles. The Morgan fingerprint density at radius 1 is 1.50 bits per heavy atom. The van der Waals surface area contributed by atoms with E-state index in [0.717, 1.165) is 0 Å². The zero-order valence-electron chi connectivity index (χ0n) is 7.55. The summed E-state index contributed by atoms with van der Waals surface area (Å²) in [4.78, 5) is 12.0. The molecule has 0 aromatic rings. The van der Waals surface area contributed by atoms with Crippen LogP contribution in [0.3, 0.4) is 0 Å². The predicted molar refractivity (Wildman–Crippen MR) is 42.9 cm³/mol. The maximum absolute atomic E-state index is 11.9. The van der Waals surface area contributed by atoms with Gasteiger partial charge in [-0.1, -0.05) is 0 Å². The van der Waals surface area contributed by atoms with Crippen molar-refractivity contribution >= 4 is 5.97 Å². The number of carbonyl (C=O) groups is 1. The highest BCUT2D eigenvalue weighted by molar-refractivity contribution is 5.73. The molecular formula is C8H12F3NO2. The van der Waals surface area contributed by atoms with Crippen molar-refractivity contribution in [2.45, 2.75) is 31.5 Å². The molecule has 1 rings (SSSR count). The Labute approximate surface area is 79.5 Å². The minimum atomic E-state index is -4.20. The van der Waals surface area contributed by atoms with Crippen molar-refractivity contribution in [2.24, 2.45) is 0 Å². The van der Waals surface area contributed by atoms with Crippen molar-refractivity contribution in [3.8, 4) is 0 Å². The molecule has 0 saturated carbocycles. The molecule has 1 aliphatic rings. The first-order chi connectivity index (χ1) is 6.40. The van der Waals surface area contributed by atoms with Gasteiger partial charge in [-0.25, -0.2) is 0 Å². The molecule has 6 heteroatoms. The van der Waals surface area contributed by atoms with Gasteiger partial charge in [-0.05, 0) is 19.4 Å². The fourth-order valence-electron chi connectivity index (χ4n) is 1.64. The summed E-state index contributed by atoms with van der Waals surface area (Å²) in [5.74, 6) is -1.02. The van der Waals surface area contributed by atoms with Gasteiger partial charge in [-0.3, -0.25) is 9.69 Å². The van der Waals surface area contributed by atoms with Gasteiger partial charge in [-0.15, -0.1) is 0 Å². The second-order valence-corrected chi connectivity index (χ2v) is 3.40. The topological polar surface area (TPSA) is 40.5 Å². The summed E-state index contributed by atoms with van der Waals surface area (Å²) in [6, 6.07) is -0.725. The van der Waals surface area contributed by atoms with Crippen molar-refractivity contribution in [1.82, 2.24) is 4.90 Å². The normalized spacial score (nSPS) is 24.1. The van der Waals surface area contributed by atoms with Crippen LogP contribution in [-0.2, 0) is 4.79 Å². The maximum atomic E-state index is 11.9. The lowest BCUT2D eigenvalue weighted by molar-refractivity contribution is -0.148. The molecule has 0 bridgehead atoms. The van der Waals surface area contributed by atoms with E-state index < -0.39 is 24.6 Å². The number of likely N-dealkylation sites (tertiary alicyclic amines) is 1. The van der Waals surface area contributed by atoms with Crippen molar-refractivity contribution in [2.75, 3.05) is 13.1 Å². The molecule has 0 aliphatic carbocycles. The number of aliphatic carboxylic acids is 1. The summed E-state index contributed by atoms with van der Waals surface area (Å²) in [5, 5.41) is 8.69. The maximum Gasteiger partial charge on any atom is 0.390 e. The van der Waals surface area contributed by atoms with Crippen molar-refractivity contribution < 1.29 is 23.1 Å². The summed E-state index contributed by atoms with van der Waals surface area (Å²) in [6.45, 7) is 0.244. The van der Waals surface area contributed by atoms with Crippen LogP contribution >= 0.6 is 0 Å². The van der Waals surface area contributed by atoms with Crippen LogP contribution in [0.25, 0.3) is 0 Å². The number of alkyl halides is 3. The van der Waals surface area contributed by atoms with E-state index in [-0.39, 0.29) is 6.54 Å². The standard InChI is InChI=1S/C8H12F3NO2/c9-8(10,11)3-5-12-4-1-2-6(12)7(13)14/h6H,1-5H2,(H,13,14). The molecule has 0 radical (unpaired) electrons. The van der Waals surface area contributed by atoms with Gasteiger partial charge >= 0.3 is 12.1 Å². The largest absolute Gasteiger partial charge is 0.480 e. The Bertz CT molecular complexity index is 217. The minimum absolute atomic E-state index is 0.208. The van der Waals surface area contributed by atoms with Gasteiger partial charge in [0.25, 0.3) is 0 Å². The number of hydrogen-bond donors (Lipinski definition) is 1. The lowest BCUT2D eigenvalue weighted by Gasteiger charge is -2.21. The number of carboxylic acids is 1. The molecule has 1 saturated heterocycles. The van der Waals surface area contributed by atoms with Gasteiger partial charge in [-0.2, -0.15) is 13.2 Å². The predicted octanol–water partition coefficient (Wildman–Crippen LogP) is 1.49. The summed E-state index contributed by atoms with van der Waals surface area (Å²) in [5.41, 5.74) is 0. The lowest BCUT2D eigenvalue weighted by Crippen LogP contribution is -2.37. The van der Waals surface area contributed by atoms with E-state index in [2.05, 4.69) is 0 Å². The molecule has 1 aliphatic heterocycles. The summed E-state index contributed by atoms with van der Waals surface area (Å²) in [6.07, 6.45) is -4.02. The average molecular weight is 211 g/mol. The van der Waals surface area contributed by atoms with E-state index >= 15 is 0 Å². The van der Waals surface area contributed by atoms with Crippen LogP contribution in [0.15, 0.2) is 0 Å². The SMILES string of the molecule is O=C(O)C1CCCN1CCC(F)(F)F. The van der Waals surface area contributed by atoms with Gasteiger partial charge in [0.2, 0.25) is 0 Å². The molecule has 14 heavy (non-hydrogen) atoms. The fourth-order valence-corrected chi connectivity index (χ4v) is 1.64. The number of hydrogen-bond acceptors (Lipinski definition) is 2. The van der Waals surface area contributed by atoms with Crippen molar-refractivity contribution in [3.05, 3.63) is 0 Å². The fraction of sp³-hybridized carbons (Fsp3) is 0.875. The third-order valence-corrected chi connectivity index (χ3v) is 2.33. The molecule has 1 unspecified atom stereocenters. The zero-order chi connectivity index (χ0) is 10.8. The minimum Gasteiger partial charge on any atom is -0.480 e. The van der Waals surface area contributed by atoms with Gasteiger partial charge in [0, 0.05) is 6.54 Å². The highest BCUT2D eigenvalue weighted by Gasteiger charge is 2.34. The zero-order valence-corrected chi connectivity index (χ0v) is 7.55. The monoisotopic (exact) mass is 211 g/mol. The van der Waals surface area contributed by atoms with Gasteiger partial charge in [0.05, 0.1) is 6.42 Å². The third-order valence-electron chi connectivity index (χ3n) is 2.33. The Hall–Kier alpha value is -0.780. The summed E-state index contributed by atoms with van der Waals surface area (Å²) in [7, 11) is 0. The van der Waals surface area contributed by atoms with E-state index in [0.29, 0.717) is 19.4 Å². The Balaban J connectivity index is 2.40. The second kappa shape index (κ2) is 4.16. The Morgan fingerprint density at radius 3 is 2.64 bits per heavy atom. The highest BCUT2D eigenvalue weighted by Crippen LogP contribution is 2.23. The molecular weight excluding hydrogens is 199 g/mol. The number of nitrogens with zero attached hydrogens (tertiary/aromatic N) is 1. The molecule has 1 atom stereocenters. The summed E-state index contributed by atoms with van der Waals surface area (Å²) < 4.78 is 35.6. The van der Waals surface area contributed by atoms with Crippen LogP contribution in [0, 0.1) is 0 Å². The highest BCUT2D eigenvalue weighted by atomic mass is 19.4. The molecule has 0 amide bonds. The van der Waals surface area contributed by atoms with Crippen LogP contribution in [0.2, 0.25) is 0 Å². The van der Waals surface area contributed by atoms with Crippen LogP contribution in [-0.4, -0.2) is 41.3 Å². The van der Waals surface area contributed by atoms with E-state index in [1.807, 2.05) is 0 Å². The lowest BCUT2D eigenvalue weighted by atomic mass is 10.2. The first-order valence-corrected chi connectivity index (χ1v) is 4.44. The molecule has 0 spiro atoms. The average Bonchev–Trinajstić information content (AvgIpc) is 2.46. The number of halogens is 3. The first kappa shape index (κ1) is 11.3. The quantitative estimate of drug-likeness (QED) is 0.768. The molecule has 0 aromatic heterocycles. The molecule has 3 nitrogen and oxygen atoms in total. The Morgan fingerprint density at radius 2 is 2.14 bits per heavy atom. The van der Waals surface area contributed by atoms with Crippen LogP contribution in [0.1, 0.15) is 19.3 Å². The van der Waals surface area contributed by atoms with Gasteiger partial charge in [0.1, 0.15) is 6.04 Å². The van der Waals surface area contributed by atoms with Crippen molar-refractivity contribution in [1.29, 1.82) is 0 Å². The van der Waals surface area contributed by atoms with Gasteiger partial charge in [0.15, 0.2) is 0 Å². The van der Waals surface area contributed by atoms with Crippen LogP contribution < -0.4 is 0 Å². The second-order valence-electron chi connectivity index (χ2n) is 3.40. The van der Waals surface area contributed by atoms with Gasteiger partial charge < -0.3 is 5.11 Å². The molecule has 0 aromatic carbocycles. The van der Waals surface area contributed by atoms with Crippen LogP contribution in [0.5, 0.6) is 0 Å². The third kappa shape index (κ3) is 3.17. The number of rotatable bonds is 3. The number of carboxylic acid groups (broad SMARTS) is 1. The molecule has 82 valence electrons. The first-order valence-electron chi connectivity index (χ1n) is 4.44.